The summed E-state index contributed by atoms with van der Waals surface area (Å²) in [4.78, 5) is 0. The van der Waals surface area contributed by atoms with Gasteiger partial charge >= 0.3 is 0 Å². The third kappa shape index (κ3) is 19.7. The van der Waals surface area contributed by atoms with Crippen molar-refractivity contribution in [2.75, 3.05) is 0 Å². The largest absolute Gasteiger partial charge is 0.0856 e. The monoisotopic (exact) mass is 412 g/mol. The van der Waals surface area contributed by atoms with Gasteiger partial charge in [-0.05, 0) is 120 Å². The third-order valence-electron chi connectivity index (χ3n) is 5.40. The second kappa shape index (κ2) is 18.2. The standard InChI is InChI=1S/C30H50/c1-25(2)15-11-19-29(7)23-13-21-27(5)17-9-10-18-28(6)22-14-24-30(8)20-12-16-26(3)4/h15-18,23-24H,9-14,19-22H2,1-8H3/b27-17+,28-18+,29-23+,30-24+/i1+2/b25-15?,27-17+,28-18+,29-23+,30-24+. The van der Waals surface area contributed by atoms with E-state index in [1.54, 1.807) is 0 Å². The Morgan fingerprint density at radius 3 is 1.07 bits per heavy atom. The number of unbranched alkanes of at least 4 members (excludes halogenated alkanes) is 1. The molecule has 0 N–H and O–H groups in total. The van der Waals surface area contributed by atoms with Crippen molar-refractivity contribution in [3.63, 3.8) is 0 Å². The van der Waals surface area contributed by atoms with Gasteiger partial charge in [-0.15, -0.1) is 0 Å². The molecule has 0 aromatic heterocycles. The molecule has 0 spiro atoms. The molecule has 0 nitrogen and oxygen atoms in total. The number of allylic oxidation sites excluding steroid dienone is 12. The van der Waals surface area contributed by atoms with Gasteiger partial charge < -0.3 is 0 Å². The summed E-state index contributed by atoms with van der Waals surface area (Å²) in [7, 11) is 0. The Kier molecular flexibility index (Phi) is 17.3. The van der Waals surface area contributed by atoms with E-state index in [4.69, 9.17) is 0 Å². The first-order chi connectivity index (χ1) is 14.2. The summed E-state index contributed by atoms with van der Waals surface area (Å²) in [5, 5.41) is 0. The first kappa shape index (κ1) is 28.4. The lowest BCUT2D eigenvalue weighted by Crippen LogP contribution is -1.82. The van der Waals surface area contributed by atoms with Crippen LogP contribution in [0.4, 0.5) is 0 Å². The van der Waals surface area contributed by atoms with Crippen LogP contribution in [0.2, 0.25) is 0 Å². The fourth-order valence-electron chi connectivity index (χ4n) is 3.34. The highest BCUT2D eigenvalue weighted by Crippen LogP contribution is 2.14. The molecule has 170 valence electrons. The van der Waals surface area contributed by atoms with Crippen LogP contribution in [0.3, 0.4) is 0 Å². The van der Waals surface area contributed by atoms with Crippen LogP contribution in [0.5, 0.6) is 0 Å². The maximum absolute atomic E-state index is 2.43. The molecule has 0 rings (SSSR count). The molecule has 0 radical (unpaired) electrons. The lowest BCUT2D eigenvalue weighted by Gasteiger charge is -2.02. The van der Waals surface area contributed by atoms with Gasteiger partial charge in [0, 0.05) is 0 Å². The highest BCUT2D eigenvalue weighted by Gasteiger charge is 1.94. The molecule has 0 heteroatoms. The number of hydrogen-bond donors (Lipinski definition) is 0. The Bertz CT molecular complexity index is 578. The molecule has 0 atom stereocenters. The minimum atomic E-state index is 1.17. The van der Waals surface area contributed by atoms with E-state index in [9.17, 15) is 0 Å². The van der Waals surface area contributed by atoms with Crippen molar-refractivity contribution in [1.82, 2.24) is 0 Å². The normalized spacial score (nSPS) is 14.3. The molecule has 0 aliphatic carbocycles. The van der Waals surface area contributed by atoms with Crippen molar-refractivity contribution < 1.29 is 0 Å². The average molecular weight is 413 g/mol. The summed E-state index contributed by atoms with van der Waals surface area (Å²) in [6, 6.07) is 0. The van der Waals surface area contributed by atoms with Crippen LogP contribution in [0.15, 0.2) is 69.9 Å². The Hall–Kier alpha value is -1.56. The molecule has 0 aliphatic heterocycles. The fourth-order valence-corrected chi connectivity index (χ4v) is 3.34. The van der Waals surface area contributed by atoms with E-state index in [1.165, 1.54) is 97.6 Å². The van der Waals surface area contributed by atoms with Crippen LogP contribution >= 0.6 is 0 Å². The molecule has 0 saturated heterocycles. The second-order valence-electron chi connectivity index (χ2n) is 9.50. The molecule has 0 aliphatic rings. The first-order valence-electron chi connectivity index (χ1n) is 12.1. The molecule has 30 heavy (non-hydrogen) atoms. The van der Waals surface area contributed by atoms with Gasteiger partial charge in [0.15, 0.2) is 0 Å². The summed E-state index contributed by atoms with van der Waals surface area (Å²) in [5.41, 5.74) is 8.97. The van der Waals surface area contributed by atoms with Gasteiger partial charge in [0.05, 0.1) is 0 Å². The van der Waals surface area contributed by atoms with Crippen LogP contribution in [-0.4, -0.2) is 0 Å². The molecule has 0 heterocycles. The minimum Gasteiger partial charge on any atom is -0.0856 e. The molecule has 0 unspecified atom stereocenters. The number of rotatable bonds is 15. The van der Waals surface area contributed by atoms with E-state index in [0.29, 0.717) is 0 Å². The van der Waals surface area contributed by atoms with E-state index in [1.807, 2.05) is 0 Å². The average Bonchev–Trinajstić information content (AvgIpc) is 2.64. The van der Waals surface area contributed by atoms with Gasteiger partial charge in [-0.2, -0.15) is 0 Å². The maximum Gasteiger partial charge on any atom is -0.0288 e. The fraction of sp³-hybridized carbons (Fsp3) is 0.600. The van der Waals surface area contributed by atoms with Crippen molar-refractivity contribution >= 4 is 0 Å². The van der Waals surface area contributed by atoms with Gasteiger partial charge in [0.25, 0.3) is 0 Å². The maximum atomic E-state index is 2.43. The zero-order valence-corrected chi connectivity index (χ0v) is 21.5. The van der Waals surface area contributed by atoms with E-state index >= 15 is 0 Å². The van der Waals surface area contributed by atoms with Crippen LogP contribution < -0.4 is 0 Å². The van der Waals surface area contributed by atoms with Gasteiger partial charge in [0.2, 0.25) is 0 Å². The zero-order valence-electron chi connectivity index (χ0n) is 21.5. The van der Waals surface area contributed by atoms with E-state index in [0.717, 1.165) is 0 Å². The zero-order chi connectivity index (χ0) is 22.8. The second-order valence-corrected chi connectivity index (χ2v) is 9.50. The highest BCUT2D eigenvalue weighted by atomic mass is 14.5. The molecule has 0 bridgehead atoms. The number of hydrogen-bond acceptors (Lipinski definition) is 0. The summed E-state index contributed by atoms with van der Waals surface area (Å²) < 4.78 is 0. The first-order valence-corrected chi connectivity index (χ1v) is 12.1. The lowest BCUT2D eigenvalue weighted by molar-refractivity contribution is 0.896. The molecular weight excluding hydrogens is 362 g/mol. The summed E-state index contributed by atoms with van der Waals surface area (Å²) in [5.74, 6) is 0. The van der Waals surface area contributed by atoms with Gasteiger partial charge in [-0.1, -0.05) is 69.9 Å². The van der Waals surface area contributed by atoms with Crippen molar-refractivity contribution in [3.8, 4) is 0 Å². The van der Waals surface area contributed by atoms with E-state index in [-0.39, 0.29) is 0 Å². The van der Waals surface area contributed by atoms with E-state index in [2.05, 4.69) is 91.8 Å². The molecular formula is C30H50. The molecule has 0 fully saturated rings. The Labute approximate surface area is 189 Å². The van der Waals surface area contributed by atoms with Crippen molar-refractivity contribution in [3.05, 3.63) is 69.9 Å². The summed E-state index contributed by atoms with van der Waals surface area (Å²) >= 11 is 0. The van der Waals surface area contributed by atoms with E-state index < -0.39 is 0 Å². The Balaban J connectivity index is 4.05. The summed E-state index contributed by atoms with van der Waals surface area (Å²) in [6.45, 7) is 17.8. The molecule has 0 amide bonds. The van der Waals surface area contributed by atoms with Crippen LogP contribution in [0, 0.1) is 0 Å². The third-order valence-corrected chi connectivity index (χ3v) is 5.40. The lowest BCUT2D eigenvalue weighted by atomic mass is 10.0. The summed E-state index contributed by atoms with van der Waals surface area (Å²) in [6.07, 6.45) is 26.2. The molecule has 0 aromatic carbocycles. The van der Waals surface area contributed by atoms with Crippen molar-refractivity contribution in [2.24, 2.45) is 0 Å². The van der Waals surface area contributed by atoms with Crippen LogP contribution in [0.1, 0.15) is 120 Å². The molecule has 0 aromatic rings. The van der Waals surface area contributed by atoms with Gasteiger partial charge in [-0.3, -0.25) is 0 Å². The quantitative estimate of drug-likeness (QED) is 0.185. The van der Waals surface area contributed by atoms with Crippen molar-refractivity contribution in [2.45, 2.75) is 120 Å². The SMILES string of the molecule is CC(C)=CCC/C(C)=C/CC/C(C)=C/CC/C=C(\C)CC/C=C(\C)CCC=C(C)[14CH3]. The predicted octanol–water partition coefficient (Wildman–Crippen LogP) is 10.6. The van der Waals surface area contributed by atoms with Crippen molar-refractivity contribution in [1.29, 1.82) is 0 Å². The highest BCUT2D eigenvalue weighted by molar-refractivity contribution is 5.08. The topological polar surface area (TPSA) is 0 Å². The van der Waals surface area contributed by atoms with Crippen LogP contribution in [-0.2, 0) is 0 Å². The predicted molar refractivity (Wildman–Crippen MR) is 140 cm³/mol. The van der Waals surface area contributed by atoms with Crippen LogP contribution in [0.25, 0.3) is 0 Å². The Morgan fingerprint density at radius 2 is 0.733 bits per heavy atom. The van der Waals surface area contributed by atoms with Gasteiger partial charge in [-0.25, -0.2) is 0 Å². The van der Waals surface area contributed by atoms with Gasteiger partial charge in [0.1, 0.15) is 0 Å². The minimum absolute atomic E-state index is 1.17. The molecule has 0 saturated carbocycles. The Morgan fingerprint density at radius 1 is 0.433 bits per heavy atom. The smallest absolute Gasteiger partial charge is 0.0288 e.